The number of anilines is 3. The normalized spacial score (nSPS) is 10.5. The summed E-state index contributed by atoms with van der Waals surface area (Å²) in [5, 5.41) is 6.46. The van der Waals surface area contributed by atoms with E-state index in [4.69, 9.17) is 10.5 Å². The van der Waals surface area contributed by atoms with Gasteiger partial charge in [0, 0.05) is 16.1 Å². The van der Waals surface area contributed by atoms with Gasteiger partial charge < -0.3 is 15.8 Å². The molecule has 3 aromatic rings. The average molecular weight is 298 g/mol. The van der Waals surface area contributed by atoms with E-state index in [-0.39, 0.29) is 0 Å². The molecule has 3 rings (SSSR count). The molecule has 2 aromatic carbocycles. The zero-order valence-corrected chi connectivity index (χ0v) is 12.2. The highest BCUT2D eigenvalue weighted by Gasteiger charge is 2.12. The predicted octanol–water partition coefficient (Wildman–Crippen LogP) is 4.01. The van der Waals surface area contributed by atoms with Crippen LogP contribution in [0.1, 0.15) is 10.4 Å². The van der Waals surface area contributed by atoms with Crippen molar-refractivity contribution in [2.75, 3.05) is 18.2 Å². The molecule has 0 fully saturated rings. The van der Waals surface area contributed by atoms with Gasteiger partial charge in [-0.3, -0.25) is 0 Å². The number of carbonyl (C=O) groups excluding carboxylic acids is 1. The van der Waals surface area contributed by atoms with E-state index in [1.807, 2.05) is 12.1 Å². The van der Waals surface area contributed by atoms with Crippen molar-refractivity contribution >= 4 is 44.5 Å². The standard InChI is InChI=1S/C16H14N2O2S/c1-20-16(19)13-9-11(17)2-4-14(13)18-12-3-5-15-10(8-12)6-7-21-15/h2-9,18H,17H2,1H3. The lowest BCUT2D eigenvalue weighted by atomic mass is 10.1. The molecule has 0 saturated carbocycles. The first-order chi connectivity index (χ1) is 10.2. The maximum Gasteiger partial charge on any atom is 0.340 e. The van der Waals surface area contributed by atoms with Gasteiger partial charge in [-0.05, 0) is 53.2 Å². The largest absolute Gasteiger partial charge is 0.465 e. The van der Waals surface area contributed by atoms with Gasteiger partial charge in [-0.1, -0.05) is 0 Å². The number of hydrogen-bond donors (Lipinski definition) is 2. The molecule has 4 nitrogen and oxygen atoms in total. The molecule has 0 amide bonds. The summed E-state index contributed by atoms with van der Waals surface area (Å²) >= 11 is 1.70. The summed E-state index contributed by atoms with van der Waals surface area (Å²) < 4.78 is 6.02. The number of benzene rings is 2. The lowest BCUT2D eigenvalue weighted by Crippen LogP contribution is -2.06. The van der Waals surface area contributed by atoms with Crippen molar-refractivity contribution in [1.29, 1.82) is 0 Å². The Morgan fingerprint density at radius 1 is 1.19 bits per heavy atom. The molecular weight excluding hydrogens is 284 g/mol. The van der Waals surface area contributed by atoms with E-state index in [0.29, 0.717) is 16.9 Å². The van der Waals surface area contributed by atoms with Crippen molar-refractivity contribution in [2.45, 2.75) is 0 Å². The van der Waals surface area contributed by atoms with Crippen molar-refractivity contribution in [1.82, 2.24) is 0 Å². The maximum atomic E-state index is 11.8. The van der Waals surface area contributed by atoms with E-state index in [9.17, 15) is 4.79 Å². The Morgan fingerprint density at radius 3 is 2.86 bits per heavy atom. The molecule has 0 aliphatic heterocycles. The van der Waals surface area contributed by atoms with Crippen LogP contribution in [-0.2, 0) is 4.74 Å². The number of thiophene rings is 1. The third-order valence-corrected chi connectivity index (χ3v) is 4.08. The molecule has 0 bridgehead atoms. The zero-order valence-electron chi connectivity index (χ0n) is 11.4. The minimum atomic E-state index is -0.415. The molecule has 0 aliphatic rings. The molecule has 106 valence electrons. The van der Waals surface area contributed by atoms with Crippen molar-refractivity contribution < 1.29 is 9.53 Å². The Bertz CT molecular complexity index is 811. The molecule has 0 spiro atoms. The first kappa shape index (κ1) is 13.5. The van der Waals surface area contributed by atoms with Gasteiger partial charge in [0.25, 0.3) is 0 Å². The fourth-order valence-corrected chi connectivity index (χ4v) is 2.92. The Balaban J connectivity index is 1.98. The van der Waals surface area contributed by atoms with Crippen molar-refractivity contribution in [3.63, 3.8) is 0 Å². The first-order valence-electron chi connectivity index (χ1n) is 6.39. The van der Waals surface area contributed by atoms with Gasteiger partial charge in [-0.25, -0.2) is 4.79 Å². The summed E-state index contributed by atoms with van der Waals surface area (Å²) in [4.78, 5) is 11.8. The fourth-order valence-electron chi connectivity index (χ4n) is 2.15. The summed E-state index contributed by atoms with van der Waals surface area (Å²) in [6.45, 7) is 0. The molecule has 1 aromatic heterocycles. The topological polar surface area (TPSA) is 64.3 Å². The lowest BCUT2D eigenvalue weighted by Gasteiger charge is -2.11. The van der Waals surface area contributed by atoms with E-state index in [0.717, 1.165) is 5.69 Å². The minimum absolute atomic E-state index is 0.415. The second kappa shape index (κ2) is 5.46. The van der Waals surface area contributed by atoms with Crippen LogP contribution in [0.15, 0.2) is 47.8 Å². The van der Waals surface area contributed by atoms with Crippen molar-refractivity contribution in [3.05, 3.63) is 53.4 Å². The number of hydrogen-bond acceptors (Lipinski definition) is 5. The van der Waals surface area contributed by atoms with Gasteiger partial charge in [0.15, 0.2) is 0 Å². The summed E-state index contributed by atoms with van der Waals surface area (Å²) in [5.41, 5.74) is 8.27. The number of fused-ring (bicyclic) bond motifs is 1. The molecule has 5 heteroatoms. The molecule has 0 unspecified atom stereocenters. The van der Waals surface area contributed by atoms with Crippen molar-refractivity contribution in [3.8, 4) is 0 Å². The number of ether oxygens (including phenoxy) is 1. The lowest BCUT2D eigenvalue weighted by molar-refractivity contribution is 0.0602. The molecule has 3 N–H and O–H groups in total. The van der Waals surface area contributed by atoms with Crippen LogP contribution in [0.5, 0.6) is 0 Å². The Hall–Kier alpha value is -2.53. The molecule has 1 heterocycles. The van der Waals surface area contributed by atoms with Gasteiger partial charge >= 0.3 is 5.97 Å². The van der Waals surface area contributed by atoms with E-state index in [1.54, 1.807) is 29.5 Å². The number of nitrogen functional groups attached to an aromatic ring is 1. The van der Waals surface area contributed by atoms with Crippen LogP contribution in [0.4, 0.5) is 17.1 Å². The van der Waals surface area contributed by atoms with Gasteiger partial charge in [0.1, 0.15) is 0 Å². The number of nitrogens with one attached hydrogen (secondary N) is 1. The fraction of sp³-hybridized carbons (Fsp3) is 0.0625. The van der Waals surface area contributed by atoms with Crippen molar-refractivity contribution in [2.24, 2.45) is 0 Å². The maximum absolute atomic E-state index is 11.8. The summed E-state index contributed by atoms with van der Waals surface area (Å²) in [6.07, 6.45) is 0. The van der Waals surface area contributed by atoms with Crippen LogP contribution in [0.3, 0.4) is 0 Å². The quantitative estimate of drug-likeness (QED) is 0.566. The average Bonchev–Trinajstić information content (AvgIpc) is 2.96. The summed E-state index contributed by atoms with van der Waals surface area (Å²) in [5.74, 6) is -0.415. The van der Waals surface area contributed by atoms with Crippen LogP contribution in [0.25, 0.3) is 10.1 Å². The number of esters is 1. The number of nitrogens with two attached hydrogens (primary N) is 1. The predicted molar refractivity (Wildman–Crippen MR) is 87.3 cm³/mol. The van der Waals surface area contributed by atoms with Gasteiger partial charge in [-0.2, -0.15) is 0 Å². The second-order valence-corrected chi connectivity index (χ2v) is 5.54. The van der Waals surface area contributed by atoms with E-state index in [2.05, 4.69) is 22.8 Å². The second-order valence-electron chi connectivity index (χ2n) is 4.59. The Morgan fingerprint density at radius 2 is 2.05 bits per heavy atom. The number of carbonyl (C=O) groups is 1. The van der Waals surface area contributed by atoms with Crippen LogP contribution < -0.4 is 11.1 Å². The van der Waals surface area contributed by atoms with Crippen LogP contribution in [0.2, 0.25) is 0 Å². The molecule has 0 aliphatic carbocycles. The van der Waals surface area contributed by atoms with Crippen LogP contribution >= 0.6 is 11.3 Å². The molecule has 0 atom stereocenters. The number of rotatable bonds is 3. The van der Waals surface area contributed by atoms with Gasteiger partial charge in [0.2, 0.25) is 0 Å². The van der Waals surface area contributed by atoms with Crippen LogP contribution in [-0.4, -0.2) is 13.1 Å². The molecule has 0 radical (unpaired) electrons. The van der Waals surface area contributed by atoms with Gasteiger partial charge in [0.05, 0.1) is 18.4 Å². The van der Waals surface area contributed by atoms with E-state index in [1.165, 1.54) is 17.2 Å². The smallest absolute Gasteiger partial charge is 0.340 e. The Labute approximate surface area is 126 Å². The highest BCUT2D eigenvalue weighted by molar-refractivity contribution is 7.17. The molecule has 0 saturated heterocycles. The Kier molecular flexibility index (Phi) is 3.50. The summed E-state index contributed by atoms with van der Waals surface area (Å²) in [7, 11) is 1.35. The molecular formula is C16H14N2O2S. The number of methoxy groups -OCH3 is 1. The first-order valence-corrected chi connectivity index (χ1v) is 7.27. The highest BCUT2D eigenvalue weighted by atomic mass is 32.1. The van der Waals surface area contributed by atoms with Crippen LogP contribution in [0, 0.1) is 0 Å². The van der Waals surface area contributed by atoms with E-state index >= 15 is 0 Å². The zero-order chi connectivity index (χ0) is 14.8. The monoisotopic (exact) mass is 298 g/mol. The summed E-state index contributed by atoms with van der Waals surface area (Å²) in [6, 6.07) is 13.3. The van der Waals surface area contributed by atoms with Gasteiger partial charge in [-0.15, -0.1) is 11.3 Å². The molecule has 21 heavy (non-hydrogen) atoms. The SMILES string of the molecule is COC(=O)c1cc(N)ccc1Nc1ccc2sccc2c1. The van der Waals surface area contributed by atoms with E-state index < -0.39 is 5.97 Å². The highest BCUT2D eigenvalue weighted by Crippen LogP contribution is 2.28. The third-order valence-electron chi connectivity index (χ3n) is 3.18. The minimum Gasteiger partial charge on any atom is -0.465 e. The third kappa shape index (κ3) is 2.68.